The molecule has 0 saturated carbocycles. The van der Waals surface area contributed by atoms with E-state index in [1.54, 1.807) is 34.0 Å². The van der Waals surface area contributed by atoms with Crippen molar-refractivity contribution in [1.29, 1.82) is 0 Å². The Morgan fingerprint density at radius 2 is 0.733 bits per heavy atom. The molecule has 45 heavy (non-hydrogen) atoms. The van der Waals surface area contributed by atoms with Crippen LogP contribution >= 0.6 is 34.0 Å². The predicted octanol–water partition coefficient (Wildman–Crippen LogP) is 11.5. The fourth-order valence-electron chi connectivity index (χ4n) is 6.25. The van der Waals surface area contributed by atoms with Crippen molar-refractivity contribution in [2.75, 3.05) is 0 Å². The van der Waals surface area contributed by atoms with Crippen molar-refractivity contribution in [2.24, 2.45) is 0 Å². The van der Waals surface area contributed by atoms with E-state index in [1.165, 1.54) is 0 Å². The Balaban J connectivity index is 1.49. The third-order valence-electron chi connectivity index (χ3n) is 8.25. The lowest BCUT2D eigenvalue weighted by atomic mass is 10.0. The fraction of sp³-hybridized carbons (Fsp3) is 0. The van der Waals surface area contributed by atoms with Crippen LogP contribution in [0.1, 0.15) is 22.8 Å². The summed E-state index contributed by atoms with van der Waals surface area (Å²) in [4.78, 5) is 18.2. The number of aromatic nitrogens is 4. The Labute approximate surface area is 271 Å². The Morgan fingerprint density at radius 1 is 0.378 bits per heavy atom. The quantitative estimate of drug-likeness (QED) is 0.203. The molecule has 2 N–H and O–H groups in total. The first-order chi connectivity index (χ1) is 22.3. The maximum absolute atomic E-state index is 5.32. The van der Waals surface area contributed by atoms with E-state index in [1.807, 2.05) is 0 Å². The van der Waals surface area contributed by atoms with Gasteiger partial charge in [0.2, 0.25) is 0 Å². The summed E-state index contributed by atoms with van der Waals surface area (Å²) in [5.41, 5.74) is 16.6. The first-order valence-electron chi connectivity index (χ1n) is 14.6. The van der Waals surface area contributed by atoms with Gasteiger partial charge < -0.3 is 9.97 Å². The van der Waals surface area contributed by atoms with Crippen LogP contribution in [-0.4, -0.2) is 19.9 Å². The van der Waals surface area contributed by atoms with Gasteiger partial charge in [0, 0.05) is 44.3 Å². The molecule has 7 heteroatoms. The number of aromatic amines is 2. The minimum Gasteiger partial charge on any atom is -0.354 e. The molecule has 0 spiro atoms. The average Bonchev–Trinajstić information content (AvgIpc) is 3.92. The highest BCUT2D eigenvalue weighted by atomic mass is 32.1. The molecule has 8 bridgehead atoms. The molecule has 0 unspecified atom stereocenters. The molecule has 1 aromatic carbocycles. The van der Waals surface area contributed by atoms with Crippen LogP contribution in [0.3, 0.4) is 0 Å². The summed E-state index contributed by atoms with van der Waals surface area (Å²) in [5, 5.41) is 12.9. The highest BCUT2D eigenvalue weighted by molar-refractivity contribution is 7.08. The summed E-state index contributed by atoms with van der Waals surface area (Å²) in [6.07, 6.45) is 8.58. The number of benzene rings is 1. The Hall–Kier alpha value is -5.08. The zero-order valence-electron chi connectivity index (χ0n) is 23.8. The second kappa shape index (κ2) is 10.8. The van der Waals surface area contributed by atoms with Gasteiger partial charge in [-0.1, -0.05) is 30.3 Å². The van der Waals surface area contributed by atoms with Gasteiger partial charge >= 0.3 is 0 Å². The number of nitrogens with zero attached hydrogens (tertiary/aromatic N) is 2. The lowest BCUT2D eigenvalue weighted by molar-refractivity contribution is 1.31. The third-order valence-corrected chi connectivity index (χ3v) is 10.3. The Morgan fingerprint density at radius 3 is 1.07 bits per heavy atom. The van der Waals surface area contributed by atoms with Gasteiger partial charge in [-0.3, -0.25) is 0 Å². The maximum Gasteiger partial charge on any atom is 0.0737 e. The smallest absolute Gasteiger partial charge is 0.0737 e. The van der Waals surface area contributed by atoms with E-state index in [-0.39, 0.29) is 0 Å². The van der Waals surface area contributed by atoms with Gasteiger partial charge in [0.25, 0.3) is 0 Å². The number of hydrogen-bond donors (Lipinski definition) is 2. The van der Waals surface area contributed by atoms with E-state index < -0.39 is 0 Å². The van der Waals surface area contributed by atoms with Crippen LogP contribution in [0.2, 0.25) is 0 Å². The molecule has 2 aliphatic heterocycles. The van der Waals surface area contributed by atoms with Gasteiger partial charge in [-0.2, -0.15) is 34.0 Å². The maximum atomic E-state index is 5.32. The number of hydrogen-bond acceptors (Lipinski definition) is 5. The number of nitrogens with one attached hydrogen (secondary N) is 2. The number of H-pyrrole nitrogens is 2. The van der Waals surface area contributed by atoms with Gasteiger partial charge in [0.15, 0.2) is 0 Å². The van der Waals surface area contributed by atoms with Crippen molar-refractivity contribution in [3.63, 3.8) is 0 Å². The van der Waals surface area contributed by atoms with Crippen molar-refractivity contribution in [1.82, 2.24) is 19.9 Å². The highest BCUT2D eigenvalue weighted by Crippen LogP contribution is 2.39. The van der Waals surface area contributed by atoms with Crippen LogP contribution in [0.15, 0.2) is 105 Å². The Kier molecular flexibility index (Phi) is 6.33. The molecule has 4 nitrogen and oxygen atoms in total. The summed E-state index contributed by atoms with van der Waals surface area (Å²) in [7, 11) is 0. The molecular weight excluding hydrogens is 609 g/mol. The summed E-state index contributed by atoms with van der Waals surface area (Å²) in [5.74, 6) is 0. The average molecular weight is 633 g/mol. The molecule has 8 heterocycles. The third kappa shape index (κ3) is 4.56. The normalized spacial score (nSPS) is 12.3. The standard InChI is InChI=1S/C38H24N4S3/c1-2-4-23(5-3-1)35-27-6-8-29(39-27)36(24-14-17-43-20-24)31-10-12-33(41-31)38(26-16-19-45-22-26)34-13-11-32(42-34)37(25-15-18-44-21-25)30-9-7-28(35)40-30/h1-22,39,42H. The van der Waals surface area contributed by atoms with Gasteiger partial charge in [-0.25, -0.2) is 9.97 Å². The number of rotatable bonds is 4. The molecule has 0 saturated heterocycles. The van der Waals surface area contributed by atoms with Crippen LogP contribution < -0.4 is 0 Å². The molecule has 0 amide bonds. The molecule has 214 valence electrons. The van der Waals surface area contributed by atoms with Crippen LogP contribution in [0.4, 0.5) is 0 Å². The van der Waals surface area contributed by atoms with Crippen LogP contribution in [0.25, 0.3) is 90.9 Å². The number of fused-ring (bicyclic) bond motifs is 8. The van der Waals surface area contributed by atoms with E-state index >= 15 is 0 Å². The molecule has 0 atom stereocenters. The zero-order chi connectivity index (χ0) is 29.7. The molecule has 0 fully saturated rings. The summed E-state index contributed by atoms with van der Waals surface area (Å²) >= 11 is 5.08. The first kappa shape index (κ1) is 26.3. The monoisotopic (exact) mass is 632 g/mol. The minimum absolute atomic E-state index is 0.924. The molecule has 0 aliphatic carbocycles. The SMILES string of the molecule is C1=Cc2nc1c(-c1ccccc1)c1ccc([nH]1)c(-c1ccsc1)c1nc(c(-c3ccsc3)c3ccc([nH]3)c2-c2ccsc2)C=C1. The second-order valence-electron chi connectivity index (χ2n) is 10.9. The minimum atomic E-state index is 0.924. The molecule has 0 radical (unpaired) electrons. The van der Waals surface area contributed by atoms with Crippen molar-refractivity contribution >= 4 is 80.4 Å². The summed E-state index contributed by atoms with van der Waals surface area (Å²) in [6, 6.07) is 25.7. The lowest BCUT2D eigenvalue weighted by Gasteiger charge is -2.05. The first-order valence-corrected chi connectivity index (χ1v) is 17.4. The summed E-state index contributed by atoms with van der Waals surface area (Å²) < 4.78 is 0. The number of thiophene rings is 3. The zero-order valence-corrected chi connectivity index (χ0v) is 26.3. The topological polar surface area (TPSA) is 57.4 Å². The van der Waals surface area contributed by atoms with Crippen molar-refractivity contribution in [3.05, 3.63) is 128 Å². The Bertz CT molecular complexity index is 2370. The molecule has 6 aromatic heterocycles. The lowest BCUT2D eigenvalue weighted by Crippen LogP contribution is -1.88. The van der Waals surface area contributed by atoms with Gasteiger partial charge in [-0.15, -0.1) is 0 Å². The molecule has 9 rings (SSSR count). The second-order valence-corrected chi connectivity index (χ2v) is 13.2. The van der Waals surface area contributed by atoms with E-state index in [0.717, 1.165) is 89.4 Å². The van der Waals surface area contributed by atoms with Gasteiger partial charge in [0.1, 0.15) is 0 Å². The largest absolute Gasteiger partial charge is 0.354 e. The van der Waals surface area contributed by atoms with E-state index in [4.69, 9.17) is 9.97 Å². The molecule has 7 aromatic rings. The van der Waals surface area contributed by atoms with Crippen LogP contribution in [0, 0.1) is 0 Å². The predicted molar refractivity (Wildman–Crippen MR) is 194 cm³/mol. The van der Waals surface area contributed by atoms with Gasteiger partial charge in [-0.05, 0) is 121 Å². The molecular formula is C38H24N4S3. The van der Waals surface area contributed by atoms with Crippen molar-refractivity contribution in [2.45, 2.75) is 0 Å². The van der Waals surface area contributed by atoms with Crippen molar-refractivity contribution < 1.29 is 0 Å². The van der Waals surface area contributed by atoms with Crippen molar-refractivity contribution in [3.8, 4) is 44.5 Å². The van der Waals surface area contributed by atoms with E-state index in [2.05, 4.69) is 139 Å². The summed E-state index contributed by atoms with van der Waals surface area (Å²) in [6.45, 7) is 0. The fourth-order valence-corrected chi connectivity index (χ4v) is 8.19. The van der Waals surface area contributed by atoms with Crippen LogP contribution in [-0.2, 0) is 0 Å². The molecule has 2 aliphatic rings. The van der Waals surface area contributed by atoms with Crippen LogP contribution in [0.5, 0.6) is 0 Å². The van der Waals surface area contributed by atoms with E-state index in [9.17, 15) is 0 Å². The highest BCUT2D eigenvalue weighted by Gasteiger charge is 2.19. The van der Waals surface area contributed by atoms with E-state index in [0.29, 0.717) is 0 Å². The van der Waals surface area contributed by atoms with Gasteiger partial charge in [0.05, 0.1) is 22.8 Å².